The van der Waals surface area contributed by atoms with Crippen LogP contribution in [0.2, 0.25) is 5.02 Å². The normalized spacial score (nSPS) is 12.6. The van der Waals surface area contributed by atoms with E-state index in [0.29, 0.717) is 18.0 Å². The van der Waals surface area contributed by atoms with Gasteiger partial charge in [-0.05, 0) is 43.2 Å². The third kappa shape index (κ3) is 5.55. The van der Waals surface area contributed by atoms with E-state index in [4.69, 9.17) is 16.3 Å². The van der Waals surface area contributed by atoms with Crippen molar-refractivity contribution in [2.45, 2.75) is 33.0 Å². The van der Waals surface area contributed by atoms with E-state index in [1.54, 1.807) is 24.3 Å². The molecule has 1 amide bonds. The monoisotopic (exact) mass is 414 g/mol. The largest absolute Gasteiger partial charge is 0.492 e. The van der Waals surface area contributed by atoms with Crippen LogP contribution >= 0.6 is 11.6 Å². The van der Waals surface area contributed by atoms with Gasteiger partial charge in [0.25, 0.3) is 0 Å². The van der Waals surface area contributed by atoms with Crippen molar-refractivity contribution in [3.05, 3.63) is 53.1 Å². The number of anilines is 2. The Bertz CT molecular complexity index is 825. The third-order valence-electron chi connectivity index (χ3n) is 4.00. The van der Waals surface area contributed by atoms with Crippen molar-refractivity contribution < 1.29 is 22.7 Å². The number of rotatable bonds is 7. The van der Waals surface area contributed by atoms with Gasteiger partial charge in [0.15, 0.2) is 0 Å². The minimum absolute atomic E-state index is 0.108. The number of halogens is 4. The van der Waals surface area contributed by atoms with Crippen molar-refractivity contribution in [3.8, 4) is 5.75 Å². The maximum absolute atomic E-state index is 12.8. The van der Waals surface area contributed by atoms with Crippen LogP contribution in [0.15, 0.2) is 42.5 Å². The highest BCUT2D eigenvalue weighted by atomic mass is 35.5. The third-order valence-corrected chi connectivity index (χ3v) is 4.31. The predicted molar refractivity (Wildman–Crippen MR) is 105 cm³/mol. The fraction of sp³-hybridized carbons (Fsp3) is 0.350. The summed E-state index contributed by atoms with van der Waals surface area (Å²) >= 11 is 6.00. The van der Waals surface area contributed by atoms with Gasteiger partial charge >= 0.3 is 6.18 Å². The first-order chi connectivity index (χ1) is 13.1. The molecule has 4 nitrogen and oxygen atoms in total. The fourth-order valence-electron chi connectivity index (χ4n) is 2.57. The molecule has 152 valence electrons. The molecule has 0 bridgehead atoms. The second-order valence-electron chi connectivity index (χ2n) is 6.48. The quantitative estimate of drug-likeness (QED) is 0.599. The van der Waals surface area contributed by atoms with Crippen LogP contribution in [0, 0.1) is 5.92 Å². The summed E-state index contributed by atoms with van der Waals surface area (Å²) in [6, 6.07) is 9.28. The Hall–Kier alpha value is -2.41. The predicted octanol–water partition coefficient (Wildman–Crippen LogP) is 5.83. The second-order valence-corrected chi connectivity index (χ2v) is 6.88. The van der Waals surface area contributed by atoms with Crippen LogP contribution in [0.4, 0.5) is 24.5 Å². The van der Waals surface area contributed by atoms with E-state index >= 15 is 0 Å². The highest BCUT2D eigenvalue weighted by Crippen LogP contribution is 2.34. The number of alkyl halides is 3. The molecule has 0 saturated heterocycles. The van der Waals surface area contributed by atoms with E-state index in [-0.39, 0.29) is 22.5 Å². The van der Waals surface area contributed by atoms with E-state index in [2.05, 4.69) is 10.6 Å². The average Bonchev–Trinajstić information content (AvgIpc) is 2.61. The van der Waals surface area contributed by atoms with Gasteiger partial charge in [0, 0.05) is 0 Å². The summed E-state index contributed by atoms with van der Waals surface area (Å²) in [5, 5.41) is 5.64. The topological polar surface area (TPSA) is 50.4 Å². The summed E-state index contributed by atoms with van der Waals surface area (Å²) in [5.74, 6) is 0.0316. The Balaban J connectivity index is 2.21. The highest BCUT2D eigenvalue weighted by molar-refractivity contribution is 6.33. The van der Waals surface area contributed by atoms with Gasteiger partial charge in [-0.1, -0.05) is 37.6 Å². The molecule has 0 aliphatic rings. The van der Waals surface area contributed by atoms with Crippen LogP contribution in [0.5, 0.6) is 5.75 Å². The molecule has 2 N–H and O–H groups in total. The summed E-state index contributed by atoms with van der Waals surface area (Å²) in [4.78, 5) is 12.8. The van der Waals surface area contributed by atoms with Crippen LogP contribution in [0.3, 0.4) is 0 Å². The molecular formula is C20H22ClF3N2O2. The Morgan fingerprint density at radius 1 is 1.14 bits per heavy atom. The highest BCUT2D eigenvalue weighted by Gasteiger charge is 2.31. The van der Waals surface area contributed by atoms with E-state index < -0.39 is 17.8 Å². The molecular weight excluding hydrogens is 393 g/mol. The molecule has 0 heterocycles. The number of hydrogen-bond acceptors (Lipinski definition) is 3. The van der Waals surface area contributed by atoms with E-state index in [9.17, 15) is 18.0 Å². The van der Waals surface area contributed by atoms with Crippen LogP contribution in [-0.2, 0) is 11.0 Å². The lowest BCUT2D eigenvalue weighted by atomic mass is 10.0. The van der Waals surface area contributed by atoms with Gasteiger partial charge in [-0.15, -0.1) is 0 Å². The van der Waals surface area contributed by atoms with Crippen molar-refractivity contribution in [2.24, 2.45) is 5.92 Å². The number of amides is 1. The van der Waals surface area contributed by atoms with Gasteiger partial charge in [0.2, 0.25) is 5.91 Å². The zero-order valence-electron chi connectivity index (χ0n) is 15.7. The molecule has 0 unspecified atom stereocenters. The Kier molecular flexibility index (Phi) is 7.18. The smallest absolute Gasteiger partial charge is 0.416 e. The van der Waals surface area contributed by atoms with Gasteiger partial charge < -0.3 is 15.4 Å². The van der Waals surface area contributed by atoms with E-state index in [0.717, 1.165) is 12.1 Å². The standard InChI is InChI=1S/C20H22ClF3N2O2/c1-4-28-17-8-6-5-7-16(17)26-19(27)18(12(2)3)25-15-10-9-13(11-14(15)21)20(22,23)24/h5-12,18,25H,4H2,1-3H3,(H,26,27)/t18-/m0/s1. The summed E-state index contributed by atoms with van der Waals surface area (Å²) < 4.78 is 43.9. The lowest BCUT2D eigenvalue weighted by molar-refractivity contribution is -0.137. The zero-order valence-corrected chi connectivity index (χ0v) is 16.5. The average molecular weight is 415 g/mol. The molecule has 8 heteroatoms. The Morgan fingerprint density at radius 3 is 2.39 bits per heavy atom. The van der Waals surface area contributed by atoms with Crippen molar-refractivity contribution in [3.63, 3.8) is 0 Å². The molecule has 0 radical (unpaired) electrons. The molecule has 0 fully saturated rings. The first kappa shape index (κ1) is 21.9. The molecule has 2 aromatic carbocycles. The van der Waals surface area contributed by atoms with Crippen molar-refractivity contribution in [1.82, 2.24) is 0 Å². The first-order valence-electron chi connectivity index (χ1n) is 8.79. The van der Waals surface area contributed by atoms with Crippen LogP contribution in [0.25, 0.3) is 0 Å². The zero-order chi connectivity index (χ0) is 20.9. The molecule has 1 atom stereocenters. The number of para-hydroxylation sites is 2. The van der Waals surface area contributed by atoms with Crippen molar-refractivity contribution in [1.29, 1.82) is 0 Å². The molecule has 0 saturated carbocycles. The van der Waals surface area contributed by atoms with Gasteiger partial charge in [-0.25, -0.2) is 0 Å². The minimum Gasteiger partial charge on any atom is -0.492 e. The van der Waals surface area contributed by atoms with Crippen LogP contribution in [-0.4, -0.2) is 18.6 Å². The molecule has 28 heavy (non-hydrogen) atoms. The number of ether oxygens (including phenoxy) is 1. The van der Waals surface area contributed by atoms with E-state index in [1.165, 1.54) is 6.07 Å². The van der Waals surface area contributed by atoms with Crippen LogP contribution in [0.1, 0.15) is 26.3 Å². The van der Waals surface area contributed by atoms with E-state index in [1.807, 2.05) is 20.8 Å². The second kappa shape index (κ2) is 9.19. The lowest BCUT2D eigenvalue weighted by Crippen LogP contribution is -2.39. The summed E-state index contributed by atoms with van der Waals surface area (Å²) in [5.41, 5.74) is -0.0823. The van der Waals surface area contributed by atoms with Crippen LogP contribution < -0.4 is 15.4 Å². The molecule has 0 spiro atoms. The molecule has 0 aliphatic carbocycles. The maximum atomic E-state index is 12.8. The number of carbonyl (C=O) groups is 1. The lowest BCUT2D eigenvalue weighted by Gasteiger charge is -2.24. The number of benzene rings is 2. The van der Waals surface area contributed by atoms with Crippen molar-refractivity contribution in [2.75, 3.05) is 17.2 Å². The Morgan fingerprint density at radius 2 is 1.82 bits per heavy atom. The number of hydrogen-bond donors (Lipinski definition) is 2. The molecule has 2 rings (SSSR count). The Labute approximate surface area is 167 Å². The summed E-state index contributed by atoms with van der Waals surface area (Å²) in [7, 11) is 0. The van der Waals surface area contributed by atoms with Gasteiger partial charge in [-0.2, -0.15) is 13.2 Å². The minimum atomic E-state index is -4.49. The fourth-order valence-corrected chi connectivity index (χ4v) is 2.81. The van der Waals surface area contributed by atoms with Crippen molar-refractivity contribution >= 4 is 28.9 Å². The number of nitrogens with one attached hydrogen (secondary N) is 2. The first-order valence-corrected chi connectivity index (χ1v) is 9.17. The molecule has 2 aromatic rings. The number of carbonyl (C=O) groups excluding carboxylic acids is 1. The van der Waals surface area contributed by atoms with Gasteiger partial charge in [-0.3, -0.25) is 4.79 Å². The SMILES string of the molecule is CCOc1ccccc1NC(=O)[C@@H](Nc1ccc(C(F)(F)F)cc1Cl)C(C)C. The summed E-state index contributed by atoms with van der Waals surface area (Å²) in [6.07, 6.45) is -4.49. The summed E-state index contributed by atoms with van der Waals surface area (Å²) in [6.45, 7) is 5.93. The van der Waals surface area contributed by atoms with Gasteiger partial charge in [0.1, 0.15) is 11.8 Å². The maximum Gasteiger partial charge on any atom is 0.416 e. The molecule has 0 aliphatic heterocycles. The van der Waals surface area contributed by atoms with Gasteiger partial charge in [0.05, 0.1) is 28.6 Å². The molecule has 0 aromatic heterocycles.